The molecule has 0 bridgehead atoms. The van der Waals surface area contributed by atoms with Crippen LogP contribution in [-0.2, 0) is 25.2 Å². The summed E-state index contributed by atoms with van der Waals surface area (Å²) in [4.78, 5) is 11.3. The van der Waals surface area contributed by atoms with Gasteiger partial charge in [-0.3, -0.25) is 0 Å². The van der Waals surface area contributed by atoms with E-state index in [9.17, 15) is 4.79 Å². The molecule has 2 aromatic carbocycles. The molecule has 0 fully saturated rings. The fourth-order valence-electron chi connectivity index (χ4n) is 1.70. The van der Waals surface area contributed by atoms with Gasteiger partial charge in [-0.15, -0.1) is 41.5 Å². The number of Topliss-reactive ketones (excluding diaryl/α,β-unsaturated/α-hetero) is 1. The zero-order valence-electron chi connectivity index (χ0n) is 10.00. The van der Waals surface area contributed by atoms with Crippen molar-refractivity contribution in [2.24, 2.45) is 0 Å². The van der Waals surface area contributed by atoms with Crippen LogP contribution in [0.5, 0.6) is 0 Å². The summed E-state index contributed by atoms with van der Waals surface area (Å²) in [5.41, 5.74) is 2.86. The van der Waals surface area contributed by atoms with Gasteiger partial charge in [0.15, 0.2) is 0 Å². The Bertz CT molecular complexity index is 488. The predicted molar refractivity (Wildman–Crippen MR) is 69.3 cm³/mol. The van der Waals surface area contributed by atoms with Gasteiger partial charge in [-0.05, 0) is 6.92 Å². The molecule has 0 aliphatic rings. The first kappa shape index (κ1) is 14.6. The molecular formula is C16H13OPd-. The van der Waals surface area contributed by atoms with Crippen LogP contribution in [0.1, 0.15) is 18.1 Å². The minimum Gasteiger partial charge on any atom is -0.310 e. The second-order valence-corrected chi connectivity index (χ2v) is 3.79. The second-order valence-electron chi connectivity index (χ2n) is 3.79. The number of hydrogen-bond donors (Lipinski definition) is 0. The van der Waals surface area contributed by atoms with Crippen molar-refractivity contribution in [3.63, 3.8) is 0 Å². The Kier molecular flexibility index (Phi) is 5.72. The first-order chi connectivity index (χ1) is 8.27. The molecule has 0 amide bonds. The number of benzene rings is 2. The maximum Gasteiger partial charge on any atom is 0.0947 e. The van der Waals surface area contributed by atoms with Crippen LogP contribution < -0.4 is 0 Å². The van der Waals surface area contributed by atoms with Crippen molar-refractivity contribution in [2.45, 2.75) is 6.92 Å². The fraction of sp³-hybridized carbons (Fsp3) is 0.0625. The molecule has 1 nitrogen and oxygen atoms in total. The summed E-state index contributed by atoms with van der Waals surface area (Å²) >= 11 is 0. The van der Waals surface area contributed by atoms with Gasteiger partial charge < -0.3 is 4.79 Å². The van der Waals surface area contributed by atoms with E-state index in [1.54, 1.807) is 0 Å². The molecule has 0 atom stereocenters. The van der Waals surface area contributed by atoms with Crippen molar-refractivity contribution in [3.05, 3.63) is 77.9 Å². The largest absolute Gasteiger partial charge is 0.310 e. The van der Waals surface area contributed by atoms with Gasteiger partial charge in [0.05, 0.1) is 5.78 Å². The molecule has 0 radical (unpaired) electrons. The van der Waals surface area contributed by atoms with Gasteiger partial charge in [0.25, 0.3) is 0 Å². The molecule has 2 heteroatoms. The van der Waals surface area contributed by atoms with E-state index in [4.69, 9.17) is 0 Å². The molecule has 0 aromatic heterocycles. The van der Waals surface area contributed by atoms with E-state index in [2.05, 4.69) is 6.08 Å². The van der Waals surface area contributed by atoms with Crippen molar-refractivity contribution in [1.29, 1.82) is 0 Å². The van der Waals surface area contributed by atoms with Gasteiger partial charge >= 0.3 is 0 Å². The maximum atomic E-state index is 11.3. The first-order valence-corrected chi connectivity index (χ1v) is 5.53. The second kappa shape index (κ2) is 7.06. The average molecular weight is 328 g/mol. The number of carbonyl (C=O) groups is 1. The van der Waals surface area contributed by atoms with Crippen LogP contribution in [0, 0.1) is 6.08 Å². The summed E-state index contributed by atoms with van der Waals surface area (Å²) in [7, 11) is 0. The van der Waals surface area contributed by atoms with E-state index in [-0.39, 0.29) is 26.2 Å². The molecule has 0 spiro atoms. The third-order valence-electron chi connectivity index (χ3n) is 2.43. The Morgan fingerprint density at radius 2 is 1.22 bits per heavy atom. The number of allylic oxidation sites excluding steroid dienone is 1. The average Bonchev–Trinajstić information content (AvgIpc) is 2.38. The van der Waals surface area contributed by atoms with E-state index in [0.29, 0.717) is 0 Å². The van der Waals surface area contributed by atoms with Gasteiger partial charge in [-0.25, -0.2) is 0 Å². The Hall–Kier alpha value is -1.49. The van der Waals surface area contributed by atoms with E-state index in [0.717, 1.165) is 16.7 Å². The van der Waals surface area contributed by atoms with Crippen LogP contribution in [0.2, 0.25) is 0 Å². The summed E-state index contributed by atoms with van der Waals surface area (Å²) in [6.45, 7) is 1.52. The fourth-order valence-corrected chi connectivity index (χ4v) is 1.70. The predicted octanol–water partition coefficient (Wildman–Crippen LogP) is 3.51. The normalized spacial score (nSPS) is 9.17. The monoisotopic (exact) mass is 327 g/mol. The molecule has 0 unspecified atom stereocenters. The zero-order chi connectivity index (χ0) is 12.1. The smallest absolute Gasteiger partial charge is 0.0947 e. The Morgan fingerprint density at radius 3 is 1.56 bits per heavy atom. The molecule has 18 heavy (non-hydrogen) atoms. The third-order valence-corrected chi connectivity index (χ3v) is 2.43. The van der Waals surface area contributed by atoms with E-state index < -0.39 is 0 Å². The van der Waals surface area contributed by atoms with E-state index in [1.807, 2.05) is 60.7 Å². The van der Waals surface area contributed by atoms with Crippen LogP contribution in [0.3, 0.4) is 0 Å². The van der Waals surface area contributed by atoms with Gasteiger partial charge in [0.1, 0.15) is 0 Å². The molecule has 2 aromatic rings. The molecule has 0 aliphatic carbocycles. The number of hydrogen-bond acceptors (Lipinski definition) is 1. The Labute approximate surface area is 121 Å². The van der Waals surface area contributed by atoms with Gasteiger partial charge in [0.2, 0.25) is 0 Å². The molecular weight excluding hydrogens is 315 g/mol. The Balaban J connectivity index is 0.00000162. The maximum absolute atomic E-state index is 11.3. The van der Waals surface area contributed by atoms with Crippen LogP contribution in [0.25, 0.3) is 5.57 Å². The molecule has 0 N–H and O–H groups in total. The minimum absolute atomic E-state index is 0. The molecule has 2 rings (SSSR count). The van der Waals surface area contributed by atoms with Crippen molar-refractivity contribution in [3.8, 4) is 0 Å². The van der Waals surface area contributed by atoms with Crippen LogP contribution >= 0.6 is 0 Å². The number of carbonyl (C=O) groups excluding carboxylic acids is 1. The van der Waals surface area contributed by atoms with Crippen LogP contribution in [0.15, 0.2) is 60.7 Å². The molecule has 0 heterocycles. The molecule has 94 valence electrons. The topological polar surface area (TPSA) is 17.1 Å². The van der Waals surface area contributed by atoms with Crippen molar-refractivity contribution in [2.75, 3.05) is 0 Å². The summed E-state index contributed by atoms with van der Waals surface area (Å²) in [6.07, 6.45) is 2.89. The van der Waals surface area contributed by atoms with Crippen molar-refractivity contribution in [1.82, 2.24) is 0 Å². The Morgan fingerprint density at radius 1 is 0.833 bits per heavy atom. The molecule has 0 saturated heterocycles. The standard InChI is InChI=1S/C16H13O.Pd/c1-13(17)12-16(14-8-4-2-5-9-14)15-10-6-3-7-11-15;/h2-11H,1H3;/q-1;. The van der Waals surface area contributed by atoms with Crippen molar-refractivity contribution >= 4 is 11.4 Å². The van der Waals surface area contributed by atoms with Gasteiger partial charge in [-0.2, -0.15) is 5.57 Å². The zero-order valence-corrected chi connectivity index (χ0v) is 11.6. The van der Waals surface area contributed by atoms with E-state index >= 15 is 0 Å². The molecule has 0 aliphatic heterocycles. The molecule has 0 saturated carbocycles. The number of ketones is 1. The summed E-state index contributed by atoms with van der Waals surface area (Å²) in [5, 5.41) is 0. The first-order valence-electron chi connectivity index (χ1n) is 5.53. The van der Waals surface area contributed by atoms with Crippen molar-refractivity contribution < 1.29 is 25.2 Å². The summed E-state index contributed by atoms with van der Waals surface area (Å²) in [6, 6.07) is 19.7. The SMILES string of the molecule is CC(=O)[C-]=C(c1ccccc1)c1ccccc1.[Pd]. The summed E-state index contributed by atoms with van der Waals surface area (Å²) < 4.78 is 0. The summed E-state index contributed by atoms with van der Waals surface area (Å²) in [5.74, 6) is -0.0623. The van der Waals surface area contributed by atoms with Crippen LogP contribution in [-0.4, -0.2) is 5.78 Å². The minimum atomic E-state index is -0.0623. The van der Waals surface area contributed by atoms with E-state index in [1.165, 1.54) is 6.92 Å². The third kappa shape index (κ3) is 3.77. The van der Waals surface area contributed by atoms with Crippen LogP contribution in [0.4, 0.5) is 0 Å². The van der Waals surface area contributed by atoms with Gasteiger partial charge in [-0.1, -0.05) is 36.4 Å². The quantitative estimate of drug-likeness (QED) is 0.479. The van der Waals surface area contributed by atoms with Gasteiger partial charge in [0, 0.05) is 20.4 Å². The number of rotatable bonds is 3.